The largest absolute Gasteiger partial charge is 0.493 e. The third kappa shape index (κ3) is 4.74. The highest BCUT2D eigenvalue weighted by molar-refractivity contribution is 6.00. The predicted octanol–water partition coefficient (Wildman–Crippen LogP) is 2.41. The highest BCUT2D eigenvalue weighted by Gasteiger charge is 2.37. The van der Waals surface area contributed by atoms with Crippen molar-refractivity contribution in [1.82, 2.24) is 4.90 Å². The molecule has 1 atom stereocenters. The van der Waals surface area contributed by atoms with Crippen molar-refractivity contribution >= 4 is 23.5 Å². The molecule has 2 amide bonds. The topological polar surface area (TPSA) is 108 Å². The van der Waals surface area contributed by atoms with Crippen molar-refractivity contribution in [2.75, 3.05) is 46.9 Å². The van der Waals surface area contributed by atoms with Crippen LogP contribution in [-0.4, -0.2) is 64.7 Å². The number of ether oxygens (including phenoxy) is 4. The van der Waals surface area contributed by atoms with Gasteiger partial charge in [0.2, 0.25) is 17.6 Å². The van der Waals surface area contributed by atoms with E-state index in [-0.39, 0.29) is 31.3 Å². The van der Waals surface area contributed by atoms with E-state index in [2.05, 4.69) is 0 Å². The van der Waals surface area contributed by atoms with Crippen LogP contribution in [0.25, 0.3) is 0 Å². The van der Waals surface area contributed by atoms with Crippen molar-refractivity contribution in [3.05, 3.63) is 35.3 Å². The molecular formula is C23H28N2O8. The standard InChI is InChI=1S/C23H28N2O8/c1-13-17(23(28)32-6)10-16(33-13)12-24(2)22(27)14-7-20(26)25(11-14)15-8-18(29-3)21(31-5)19(9-15)30-4/h8-10,14H,7,11-12H2,1-6H3. The fourth-order valence-corrected chi connectivity index (χ4v) is 3.90. The second-order valence-corrected chi connectivity index (χ2v) is 7.66. The smallest absolute Gasteiger partial charge is 0.341 e. The molecule has 0 spiro atoms. The Kier molecular flexibility index (Phi) is 7.15. The Morgan fingerprint density at radius 3 is 2.27 bits per heavy atom. The fourth-order valence-electron chi connectivity index (χ4n) is 3.90. The Balaban J connectivity index is 1.74. The Labute approximate surface area is 191 Å². The van der Waals surface area contributed by atoms with E-state index in [9.17, 15) is 14.4 Å². The first kappa shape index (κ1) is 24.0. The zero-order valence-electron chi connectivity index (χ0n) is 19.6. The lowest BCUT2D eigenvalue weighted by atomic mass is 10.1. The van der Waals surface area contributed by atoms with Crippen LogP contribution in [0.5, 0.6) is 17.2 Å². The Morgan fingerprint density at radius 2 is 1.73 bits per heavy atom. The van der Waals surface area contributed by atoms with E-state index in [4.69, 9.17) is 23.4 Å². The van der Waals surface area contributed by atoms with Crippen molar-refractivity contribution in [3.8, 4) is 17.2 Å². The van der Waals surface area contributed by atoms with Gasteiger partial charge in [-0.15, -0.1) is 0 Å². The number of furan rings is 1. The van der Waals surface area contributed by atoms with Crippen LogP contribution in [0, 0.1) is 12.8 Å². The average molecular weight is 460 g/mol. The van der Waals surface area contributed by atoms with Crippen molar-refractivity contribution in [2.24, 2.45) is 5.92 Å². The number of hydrogen-bond acceptors (Lipinski definition) is 8. The van der Waals surface area contributed by atoms with Gasteiger partial charge in [-0.3, -0.25) is 9.59 Å². The number of carbonyl (C=O) groups excluding carboxylic acids is 3. The first-order valence-electron chi connectivity index (χ1n) is 10.3. The van der Waals surface area contributed by atoms with Gasteiger partial charge in [0.05, 0.1) is 46.6 Å². The van der Waals surface area contributed by atoms with Gasteiger partial charge >= 0.3 is 5.97 Å². The van der Waals surface area contributed by atoms with E-state index in [1.165, 1.54) is 38.2 Å². The molecule has 3 rings (SSSR count). The molecule has 1 fully saturated rings. The summed E-state index contributed by atoms with van der Waals surface area (Å²) in [5.74, 6) is 0.711. The Hall–Kier alpha value is -3.69. The molecule has 2 aromatic rings. The number of anilines is 1. The van der Waals surface area contributed by atoms with Gasteiger partial charge < -0.3 is 33.2 Å². The predicted molar refractivity (Wildman–Crippen MR) is 118 cm³/mol. The highest BCUT2D eigenvalue weighted by atomic mass is 16.5. The third-order valence-corrected chi connectivity index (χ3v) is 5.58. The van der Waals surface area contributed by atoms with Gasteiger partial charge in [0.25, 0.3) is 0 Å². The van der Waals surface area contributed by atoms with E-state index in [1.807, 2.05) is 0 Å². The van der Waals surface area contributed by atoms with E-state index >= 15 is 0 Å². The summed E-state index contributed by atoms with van der Waals surface area (Å²) < 4.78 is 26.4. The van der Waals surface area contributed by atoms with Crippen LogP contribution in [0.2, 0.25) is 0 Å². The zero-order chi connectivity index (χ0) is 24.3. The lowest BCUT2D eigenvalue weighted by molar-refractivity contribution is -0.135. The lowest BCUT2D eigenvalue weighted by Gasteiger charge is -2.22. The molecule has 2 heterocycles. The SMILES string of the molecule is COC(=O)c1cc(CN(C)C(=O)C2CC(=O)N(c3cc(OC)c(OC)c(OC)c3)C2)oc1C. The summed E-state index contributed by atoms with van der Waals surface area (Å²) in [6.45, 7) is 2.03. The molecule has 10 heteroatoms. The molecule has 0 bridgehead atoms. The van der Waals surface area contributed by atoms with Crippen LogP contribution in [0.1, 0.15) is 28.3 Å². The molecule has 1 aliphatic rings. The van der Waals surface area contributed by atoms with Crippen molar-refractivity contribution in [3.63, 3.8) is 0 Å². The number of esters is 1. The summed E-state index contributed by atoms with van der Waals surface area (Å²) in [5.41, 5.74) is 0.870. The second kappa shape index (κ2) is 9.85. The van der Waals surface area contributed by atoms with Crippen LogP contribution in [0.3, 0.4) is 0 Å². The normalized spacial score (nSPS) is 15.4. The molecule has 10 nitrogen and oxygen atoms in total. The van der Waals surface area contributed by atoms with E-state index < -0.39 is 11.9 Å². The maximum absolute atomic E-state index is 13.0. The van der Waals surface area contributed by atoms with Crippen LogP contribution in [-0.2, 0) is 20.9 Å². The Bertz CT molecular complexity index is 1040. The molecule has 1 aliphatic heterocycles. The second-order valence-electron chi connectivity index (χ2n) is 7.66. The van der Waals surface area contributed by atoms with Crippen LogP contribution in [0.15, 0.2) is 22.6 Å². The number of carbonyl (C=O) groups is 3. The molecule has 0 saturated carbocycles. The van der Waals surface area contributed by atoms with Crippen LogP contribution in [0.4, 0.5) is 5.69 Å². The first-order chi connectivity index (χ1) is 15.7. The number of aryl methyl sites for hydroxylation is 1. The summed E-state index contributed by atoms with van der Waals surface area (Å²) in [6, 6.07) is 4.92. The van der Waals surface area contributed by atoms with Gasteiger partial charge in [-0.05, 0) is 13.0 Å². The van der Waals surface area contributed by atoms with Crippen molar-refractivity contribution in [2.45, 2.75) is 19.9 Å². The lowest BCUT2D eigenvalue weighted by Crippen LogP contribution is -2.34. The molecule has 1 aromatic carbocycles. The molecule has 1 aromatic heterocycles. The minimum Gasteiger partial charge on any atom is -0.493 e. The maximum atomic E-state index is 13.0. The fraction of sp³-hybridized carbons (Fsp3) is 0.435. The number of rotatable bonds is 8. The molecule has 1 unspecified atom stereocenters. The van der Waals surface area contributed by atoms with Crippen LogP contribution >= 0.6 is 0 Å². The molecule has 0 N–H and O–H groups in total. The number of benzene rings is 1. The molecular weight excluding hydrogens is 432 g/mol. The van der Waals surface area contributed by atoms with Gasteiger partial charge in [-0.25, -0.2) is 4.79 Å². The van der Waals surface area contributed by atoms with Crippen molar-refractivity contribution < 1.29 is 37.7 Å². The monoisotopic (exact) mass is 460 g/mol. The molecule has 178 valence electrons. The summed E-state index contributed by atoms with van der Waals surface area (Å²) in [4.78, 5) is 40.6. The third-order valence-electron chi connectivity index (χ3n) is 5.58. The van der Waals surface area contributed by atoms with Gasteiger partial charge in [-0.2, -0.15) is 0 Å². The summed E-state index contributed by atoms with van der Waals surface area (Å²) in [5, 5.41) is 0. The molecule has 0 aliphatic carbocycles. The summed E-state index contributed by atoms with van der Waals surface area (Å²) in [7, 11) is 7.41. The minimum atomic E-state index is -0.530. The molecule has 33 heavy (non-hydrogen) atoms. The van der Waals surface area contributed by atoms with Crippen molar-refractivity contribution in [1.29, 1.82) is 0 Å². The first-order valence-corrected chi connectivity index (χ1v) is 10.3. The number of hydrogen-bond donors (Lipinski definition) is 0. The Morgan fingerprint density at radius 1 is 1.09 bits per heavy atom. The zero-order valence-corrected chi connectivity index (χ0v) is 19.6. The van der Waals surface area contributed by atoms with Gasteiger partial charge in [0, 0.05) is 32.1 Å². The maximum Gasteiger partial charge on any atom is 0.341 e. The molecule has 1 saturated heterocycles. The average Bonchev–Trinajstić information content (AvgIpc) is 3.38. The molecule has 0 radical (unpaired) electrons. The highest BCUT2D eigenvalue weighted by Crippen LogP contribution is 2.42. The summed E-state index contributed by atoms with van der Waals surface area (Å²) >= 11 is 0. The van der Waals surface area contributed by atoms with E-state index in [1.54, 1.807) is 32.2 Å². The summed E-state index contributed by atoms with van der Waals surface area (Å²) in [6.07, 6.45) is 0.0738. The number of methoxy groups -OCH3 is 4. The number of nitrogens with zero attached hydrogens (tertiary/aromatic N) is 2. The van der Waals surface area contributed by atoms with Crippen LogP contribution < -0.4 is 19.1 Å². The van der Waals surface area contributed by atoms with E-state index in [0.717, 1.165) is 0 Å². The van der Waals surface area contributed by atoms with E-state index in [0.29, 0.717) is 40.0 Å². The quantitative estimate of drug-likeness (QED) is 0.553. The number of amides is 2. The van der Waals surface area contributed by atoms with Gasteiger partial charge in [0.1, 0.15) is 17.1 Å². The van der Waals surface area contributed by atoms with Gasteiger partial charge in [-0.1, -0.05) is 0 Å². The van der Waals surface area contributed by atoms with Gasteiger partial charge in [0.15, 0.2) is 11.5 Å². The minimum absolute atomic E-state index is 0.0738.